The molecule has 0 radical (unpaired) electrons. The fourth-order valence-corrected chi connectivity index (χ4v) is 4.62. The maximum absolute atomic E-state index is 13.3. The van der Waals surface area contributed by atoms with Crippen molar-refractivity contribution in [1.82, 2.24) is 14.9 Å². The van der Waals surface area contributed by atoms with Crippen molar-refractivity contribution in [3.63, 3.8) is 0 Å². The highest BCUT2D eigenvalue weighted by molar-refractivity contribution is 7.19. The first-order valence-electron chi connectivity index (χ1n) is 8.64. The van der Waals surface area contributed by atoms with E-state index in [-0.39, 0.29) is 17.9 Å². The van der Waals surface area contributed by atoms with Crippen molar-refractivity contribution in [2.24, 2.45) is 0 Å². The zero-order valence-corrected chi connectivity index (χ0v) is 15.3. The lowest BCUT2D eigenvalue weighted by Crippen LogP contribution is -2.49. The summed E-state index contributed by atoms with van der Waals surface area (Å²) in [5.74, 6) is -0.312. The number of aromatic nitrogens is 2. The van der Waals surface area contributed by atoms with Crippen LogP contribution in [0.4, 0.5) is 4.39 Å². The van der Waals surface area contributed by atoms with E-state index in [2.05, 4.69) is 10.3 Å². The molecule has 1 atom stereocenters. The molecule has 1 aromatic carbocycles. The topological polar surface area (TPSA) is 67.2 Å². The molecule has 1 aliphatic heterocycles. The number of hydrogen-bond acceptors (Lipinski definition) is 5. The number of rotatable bonds is 3. The Labute approximate surface area is 154 Å². The molecule has 1 aliphatic rings. The Morgan fingerprint density at radius 1 is 1.38 bits per heavy atom. The van der Waals surface area contributed by atoms with Crippen molar-refractivity contribution in [2.75, 3.05) is 13.1 Å². The van der Waals surface area contributed by atoms with E-state index in [9.17, 15) is 14.3 Å². The lowest BCUT2D eigenvalue weighted by molar-refractivity contribution is -0.000241. The summed E-state index contributed by atoms with van der Waals surface area (Å²) in [5.41, 5.74) is 0.478. The molecule has 5 nitrogen and oxygen atoms in total. The van der Waals surface area contributed by atoms with Gasteiger partial charge in [0.05, 0.1) is 23.9 Å². The molecule has 7 heteroatoms. The van der Waals surface area contributed by atoms with Crippen LogP contribution in [0.5, 0.6) is 0 Å². The Bertz CT molecular complexity index is 1000. The predicted molar refractivity (Wildman–Crippen MR) is 101 cm³/mol. The highest BCUT2D eigenvalue weighted by Crippen LogP contribution is 2.35. The molecule has 0 saturated carbocycles. The number of thiophene rings is 1. The molecule has 4 rings (SSSR count). The fourth-order valence-electron chi connectivity index (χ4n) is 3.62. The van der Waals surface area contributed by atoms with E-state index in [1.807, 2.05) is 6.92 Å². The number of nitrogens with one attached hydrogen (secondary N) is 1. The Kier molecular flexibility index (Phi) is 4.38. The van der Waals surface area contributed by atoms with E-state index in [4.69, 9.17) is 0 Å². The number of nitrogens with zero attached hydrogens (tertiary/aromatic N) is 2. The first-order chi connectivity index (χ1) is 12.5. The molecule has 0 bridgehead atoms. The Hall–Kier alpha value is -2.09. The second-order valence-electron chi connectivity index (χ2n) is 6.90. The number of piperidine rings is 1. The van der Waals surface area contributed by atoms with Crippen LogP contribution in [-0.2, 0) is 6.54 Å². The van der Waals surface area contributed by atoms with Crippen molar-refractivity contribution in [3.8, 4) is 11.1 Å². The second-order valence-corrected chi connectivity index (χ2v) is 8.11. The molecule has 0 amide bonds. The van der Waals surface area contributed by atoms with Crippen LogP contribution in [0.2, 0.25) is 0 Å². The molecule has 136 valence electrons. The van der Waals surface area contributed by atoms with Crippen LogP contribution >= 0.6 is 11.3 Å². The Morgan fingerprint density at radius 3 is 2.85 bits per heavy atom. The predicted octanol–water partition coefficient (Wildman–Crippen LogP) is 2.69. The van der Waals surface area contributed by atoms with Gasteiger partial charge < -0.3 is 10.4 Å². The number of β-amino-alcohol motifs (C(OH)–C–C–N with tert-alkyl or cyclic N) is 1. The average Bonchev–Trinajstić information content (AvgIpc) is 2.96. The fraction of sp³-hybridized carbons (Fsp3) is 0.368. The van der Waals surface area contributed by atoms with Gasteiger partial charge in [-0.15, -0.1) is 11.3 Å². The van der Waals surface area contributed by atoms with Crippen molar-refractivity contribution in [2.45, 2.75) is 31.9 Å². The summed E-state index contributed by atoms with van der Waals surface area (Å²) < 4.78 is 14.8. The normalized spacial score (nSPS) is 20.6. The second kappa shape index (κ2) is 6.57. The zero-order chi connectivity index (χ0) is 18.3. The van der Waals surface area contributed by atoms with Crippen molar-refractivity contribution < 1.29 is 9.50 Å². The van der Waals surface area contributed by atoms with Gasteiger partial charge in [0, 0.05) is 17.0 Å². The van der Waals surface area contributed by atoms with Gasteiger partial charge in [-0.1, -0.05) is 12.1 Å². The molecule has 3 heterocycles. The van der Waals surface area contributed by atoms with E-state index < -0.39 is 5.60 Å². The summed E-state index contributed by atoms with van der Waals surface area (Å²) in [5, 5.41) is 14.5. The zero-order valence-electron chi connectivity index (χ0n) is 14.5. The van der Waals surface area contributed by atoms with Crippen molar-refractivity contribution in [1.29, 1.82) is 0 Å². The van der Waals surface area contributed by atoms with Gasteiger partial charge in [0.15, 0.2) is 0 Å². The molecule has 1 unspecified atom stereocenters. The third kappa shape index (κ3) is 3.06. The molecule has 1 saturated heterocycles. The highest BCUT2D eigenvalue weighted by atomic mass is 32.1. The third-order valence-electron chi connectivity index (χ3n) is 4.90. The maximum Gasteiger partial charge on any atom is 0.262 e. The summed E-state index contributed by atoms with van der Waals surface area (Å²) >= 11 is 1.45. The molecule has 2 N–H and O–H groups in total. The summed E-state index contributed by atoms with van der Waals surface area (Å²) in [7, 11) is 0. The van der Waals surface area contributed by atoms with Gasteiger partial charge in [-0.05, 0) is 44.0 Å². The molecule has 3 aromatic rings. The number of halogens is 1. The molecular formula is C19H20FN3O2S. The number of hydrogen-bond donors (Lipinski definition) is 2. The molecular weight excluding hydrogens is 353 g/mol. The summed E-state index contributed by atoms with van der Waals surface area (Å²) in [6, 6.07) is 6.14. The van der Waals surface area contributed by atoms with Crippen LogP contribution in [0.15, 0.2) is 35.4 Å². The van der Waals surface area contributed by atoms with Crippen LogP contribution in [0.3, 0.4) is 0 Å². The third-order valence-corrected chi connectivity index (χ3v) is 5.92. The van der Waals surface area contributed by atoms with Gasteiger partial charge >= 0.3 is 0 Å². The SMILES string of the molecule is Cc1sc2ncn(CC3(O)CCCNC3)c(=O)c2c1-c1ccc(F)cc1. The number of aliphatic hydroxyl groups is 1. The van der Waals surface area contributed by atoms with Gasteiger partial charge in [0.2, 0.25) is 0 Å². The van der Waals surface area contributed by atoms with Crippen molar-refractivity contribution in [3.05, 3.63) is 51.6 Å². The Morgan fingerprint density at radius 2 is 2.15 bits per heavy atom. The van der Waals surface area contributed by atoms with Gasteiger partial charge in [-0.25, -0.2) is 9.37 Å². The van der Waals surface area contributed by atoms with Crippen LogP contribution in [-0.4, -0.2) is 33.3 Å². The van der Waals surface area contributed by atoms with E-state index >= 15 is 0 Å². The standard InChI is InChI=1S/C19H20FN3O2S/c1-12-15(13-3-5-14(20)6-4-13)16-17(26-12)22-11-23(18(16)24)10-19(25)7-2-8-21-9-19/h3-6,11,21,25H,2,7-10H2,1H3. The van der Waals surface area contributed by atoms with E-state index in [1.165, 1.54) is 34.4 Å². The van der Waals surface area contributed by atoms with Gasteiger partial charge in [0.25, 0.3) is 5.56 Å². The first kappa shape index (κ1) is 17.3. The monoisotopic (exact) mass is 373 g/mol. The largest absolute Gasteiger partial charge is 0.387 e. The number of benzene rings is 1. The maximum atomic E-state index is 13.3. The number of aryl methyl sites for hydroxylation is 1. The summed E-state index contributed by atoms with van der Waals surface area (Å²) in [6.45, 7) is 3.49. The van der Waals surface area contributed by atoms with Crippen LogP contribution in [0.1, 0.15) is 17.7 Å². The highest BCUT2D eigenvalue weighted by Gasteiger charge is 2.30. The van der Waals surface area contributed by atoms with Gasteiger partial charge in [0.1, 0.15) is 10.6 Å². The summed E-state index contributed by atoms with van der Waals surface area (Å²) in [6.07, 6.45) is 3.04. The van der Waals surface area contributed by atoms with Crippen LogP contribution < -0.4 is 10.9 Å². The Balaban J connectivity index is 1.83. The van der Waals surface area contributed by atoms with Gasteiger partial charge in [-0.2, -0.15) is 0 Å². The molecule has 1 fully saturated rings. The minimum atomic E-state index is -0.946. The molecule has 26 heavy (non-hydrogen) atoms. The average molecular weight is 373 g/mol. The van der Waals surface area contributed by atoms with E-state index in [0.717, 1.165) is 29.0 Å². The lowest BCUT2D eigenvalue weighted by atomic mass is 9.94. The molecule has 0 aliphatic carbocycles. The summed E-state index contributed by atoms with van der Waals surface area (Å²) in [4.78, 5) is 19.2. The number of fused-ring (bicyclic) bond motifs is 1. The molecule has 0 spiro atoms. The molecule has 2 aromatic heterocycles. The minimum Gasteiger partial charge on any atom is -0.387 e. The van der Waals surface area contributed by atoms with Gasteiger partial charge in [-0.3, -0.25) is 9.36 Å². The minimum absolute atomic E-state index is 0.169. The van der Waals surface area contributed by atoms with Crippen LogP contribution in [0, 0.1) is 12.7 Å². The van der Waals surface area contributed by atoms with Crippen LogP contribution in [0.25, 0.3) is 21.3 Å². The van der Waals surface area contributed by atoms with Crippen molar-refractivity contribution >= 4 is 21.6 Å². The lowest BCUT2D eigenvalue weighted by Gasteiger charge is -2.32. The quantitative estimate of drug-likeness (QED) is 0.741. The van der Waals surface area contributed by atoms with E-state index in [0.29, 0.717) is 23.2 Å². The smallest absolute Gasteiger partial charge is 0.262 e. The van der Waals surface area contributed by atoms with E-state index in [1.54, 1.807) is 12.1 Å². The first-order valence-corrected chi connectivity index (χ1v) is 9.46.